The highest BCUT2D eigenvalue weighted by atomic mass is 35.5. The van der Waals surface area contributed by atoms with Crippen molar-refractivity contribution >= 4 is 35.1 Å². The Balaban J connectivity index is 1.86. The molecule has 0 amide bonds. The molecule has 0 spiro atoms. The number of benzene rings is 2. The maximum atomic E-state index is 11.6. The van der Waals surface area contributed by atoms with Crippen LogP contribution in [-0.2, 0) is 4.74 Å². The van der Waals surface area contributed by atoms with Gasteiger partial charge in [0.2, 0.25) is 0 Å². The van der Waals surface area contributed by atoms with Gasteiger partial charge in [-0.15, -0.1) is 0 Å². The van der Waals surface area contributed by atoms with Crippen LogP contribution in [0.4, 0.5) is 0 Å². The first kappa shape index (κ1) is 12.3. The molecule has 1 heterocycles. The Morgan fingerprint density at radius 3 is 2.42 bits per heavy atom. The molecule has 4 heteroatoms. The van der Waals surface area contributed by atoms with E-state index >= 15 is 0 Å². The van der Waals surface area contributed by atoms with Crippen LogP contribution in [0, 0.1) is 0 Å². The molecular formula is C15H9ClO2S. The Labute approximate surface area is 120 Å². The average molecular weight is 289 g/mol. The van der Waals surface area contributed by atoms with E-state index in [1.54, 1.807) is 6.07 Å². The minimum atomic E-state index is -0.293. The van der Waals surface area contributed by atoms with E-state index in [0.29, 0.717) is 16.3 Å². The van der Waals surface area contributed by atoms with Gasteiger partial charge in [-0.3, -0.25) is 0 Å². The quantitative estimate of drug-likeness (QED) is 0.597. The van der Waals surface area contributed by atoms with E-state index in [-0.39, 0.29) is 5.97 Å². The molecule has 0 atom stereocenters. The fourth-order valence-corrected chi connectivity index (χ4v) is 2.65. The van der Waals surface area contributed by atoms with E-state index in [0.717, 1.165) is 10.5 Å². The van der Waals surface area contributed by atoms with Crippen molar-refractivity contribution in [2.75, 3.05) is 0 Å². The van der Waals surface area contributed by atoms with E-state index in [9.17, 15) is 4.79 Å². The molecule has 0 aromatic heterocycles. The summed E-state index contributed by atoms with van der Waals surface area (Å²) in [5.74, 6) is 0.305. The smallest absolute Gasteiger partial charge is 0.344 e. The maximum absolute atomic E-state index is 11.6. The molecular weight excluding hydrogens is 280 g/mol. The Morgan fingerprint density at radius 2 is 1.68 bits per heavy atom. The zero-order valence-electron chi connectivity index (χ0n) is 9.80. The van der Waals surface area contributed by atoms with E-state index in [4.69, 9.17) is 16.3 Å². The molecule has 19 heavy (non-hydrogen) atoms. The van der Waals surface area contributed by atoms with Crippen LogP contribution in [0.2, 0.25) is 5.02 Å². The summed E-state index contributed by atoms with van der Waals surface area (Å²) in [6.07, 6.45) is 0. The van der Waals surface area contributed by atoms with Gasteiger partial charge in [0, 0.05) is 20.9 Å². The topological polar surface area (TPSA) is 26.3 Å². The molecule has 2 aromatic carbocycles. The third-order valence-corrected chi connectivity index (χ3v) is 3.86. The minimum Gasteiger partial charge on any atom is -0.422 e. The van der Waals surface area contributed by atoms with Crippen molar-refractivity contribution in [1.29, 1.82) is 0 Å². The van der Waals surface area contributed by atoms with Gasteiger partial charge in [0.05, 0.1) is 5.56 Å². The van der Waals surface area contributed by atoms with Crippen molar-refractivity contribution in [2.24, 2.45) is 0 Å². The van der Waals surface area contributed by atoms with Gasteiger partial charge in [-0.1, -0.05) is 41.6 Å². The van der Waals surface area contributed by atoms with Crippen LogP contribution in [0.15, 0.2) is 58.8 Å². The summed E-state index contributed by atoms with van der Waals surface area (Å²) >= 11 is 7.33. The van der Waals surface area contributed by atoms with E-state index in [2.05, 4.69) is 0 Å². The molecule has 0 saturated carbocycles. The summed E-state index contributed by atoms with van der Waals surface area (Å²) in [5, 5.41) is 2.54. The number of hydrogen-bond donors (Lipinski definition) is 0. The lowest BCUT2D eigenvalue weighted by molar-refractivity contribution is 0.0716. The number of cyclic esters (lactones) is 1. The maximum Gasteiger partial charge on any atom is 0.344 e. The first-order valence-electron chi connectivity index (χ1n) is 5.68. The molecule has 0 unspecified atom stereocenters. The van der Waals surface area contributed by atoms with Gasteiger partial charge in [-0.05, 0) is 30.3 Å². The molecule has 0 radical (unpaired) electrons. The number of ether oxygens (including phenoxy) is 1. The van der Waals surface area contributed by atoms with Crippen LogP contribution in [0.1, 0.15) is 15.9 Å². The number of halogens is 1. The van der Waals surface area contributed by atoms with Crippen molar-refractivity contribution in [1.82, 2.24) is 0 Å². The van der Waals surface area contributed by atoms with Gasteiger partial charge in [-0.25, -0.2) is 4.79 Å². The predicted octanol–water partition coefficient (Wildman–Crippen LogP) is 4.60. The van der Waals surface area contributed by atoms with Crippen LogP contribution in [-0.4, -0.2) is 5.97 Å². The van der Waals surface area contributed by atoms with Crippen molar-refractivity contribution < 1.29 is 9.53 Å². The fourth-order valence-electron chi connectivity index (χ4n) is 1.81. The molecule has 0 N–H and O–H groups in total. The first-order chi connectivity index (χ1) is 9.24. The number of hydrogen-bond acceptors (Lipinski definition) is 3. The normalized spacial score (nSPS) is 15.4. The van der Waals surface area contributed by atoms with Crippen LogP contribution in [0.5, 0.6) is 0 Å². The fraction of sp³-hybridized carbons (Fsp3) is 0. The summed E-state index contributed by atoms with van der Waals surface area (Å²) in [6.45, 7) is 0. The molecule has 1 aliphatic heterocycles. The molecule has 2 nitrogen and oxygen atoms in total. The van der Waals surface area contributed by atoms with Gasteiger partial charge in [0.25, 0.3) is 0 Å². The van der Waals surface area contributed by atoms with Gasteiger partial charge in [0.15, 0.2) is 0 Å². The molecule has 2 aromatic rings. The van der Waals surface area contributed by atoms with Crippen LogP contribution in [0.25, 0.3) is 5.76 Å². The second kappa shape index (κ2) is 5.11. The molecule has 0 bridgehead atoms. The highest BCUT2D eigenvalue weighted by Gasteiger charge is 2.25. The summed E-state index contributed by atoms with van der Waals surface area (Å²) in [6, 6.07) is 14.9. The number of rotatable bonds is 2. The average Bonchev–Trinajstić information content (AvgIpc) is 2.76. The lowest BCUT2D eigenvalue weighted by atomic mass is 10.1. The zero-order chi connectivity index (χ0) is 13.2. The summed E-state index contributed by atoms with van der Waals surface area (Å²) in [4.78, 5) is 12.7. The highest BCUT2D eigenvalue weighted by Crippen LogP contribution is 2.33. The van der Waals surface area contributed by atoms with E-state index in [1.807, 2.05) is 47.9 Å². The molecule has 1 aliphatic rings. The summed E-state index contributed by atoms with van der Waals surface area (Å²) < 4.78 is 5.25. The second-order valence-corrected chi connectivity index (χ2v) is 5.37. The molecule has 3 rings (SSSR count). The highest BCUT2D eigenvalue weighted by molar-refractivity contribution is 8.02. The monoisotopic (exact) mass is 288 g/mol. The standard InChI is InChI=1S/C15H9ClO2S/c16-10-5-7-11(8-6-10)19-9-14-12-3-1-2-4-13(12)15(17)18-14/h1-9H. The van der Waals surface area contributed by atoms with Crippen LogP contribution < -0.4 is 0 Å². The lowest BCUT2D eigenvalue weighted by Gasteiger charge is -1.99. The molecule has 0 fully saturated rings. The van der Waals surface area contributed by atoms with E-state index < -0.39 is 0 Å². The summed E-state index contributed by atoms with van der Waals surface area (Å²) in [5.41, 5.74) is 1.46. The van der Waals surface area contributed by atoms with Crippen LogP contribution in [0.3, 0.4) is 0 Å². The lowest BCUT2D eigenvalue weighted by Crippen LogP contribution is -1.92. The van der Waals surface area contributed by atoms with Crippen molar-refractivity contribution in [3.05, 3.63) is 70.1 Å². The SMILES string of the molecule is O=C1OC(=CSc2ccc(Cl)cc2)c2ccccc21. The van der Waals surface area contributed by atoms with Gasteiger partial charge in [0.1, 0.15) is 5.76 Å². The third-order valence-electron chi connectivity index (χ3n) is 2.73. The largest absolute Gasteiger partial charge is 0.422 e. The number of esters is 1. The van der Waals surface area contributed by atoms with Crippen molar-refractivity contribution in [3.63, 3.8) is 0 Å². The molecule has 0 saturated heterocycles. The van der Waals surface area contributed by atoms with Gasteiger partial charge >= 0.3 is 5.97 Å². The molecule has 94 valence electrons. The minimum absolute atomic E-state index is 0.293. The number of thioether (sulfide) groups is 1. The molecule has 0 aliphatic carbocycles. The Kier molecular flexibility index (Phi) is 3.32. The number of fused-ring (bicyclic) bond motifs is 1. The second-order valence-electron chi connectivity index (χ2n) is 3.99. The van der Waals surface area contributed by atoms with Crippen molar-refractivity contribution in [2.45, 2.75) is 4.90 Å². The van der Waals surface area contributed by atoms with Gasteiger partial charge < -0.3 is 4.74 Å². The predicted molar refractivity (Wildman–Crippen MR) is 77.1 cm³/mol. The third kappa shape index (κ3) is 2.53. The zero-order valence-corrected chi connectivity index (χ0v) is 11.4. The summed E-state index contributed by atoms with van der Waals surface area (Å²) in [7, 11) is 0. The first-order valence-corrected chi connectivity index (χ1v) is 6.94. The van der Waals surface area contributed by atoms with Crippen LogP contribution >= 0.6 is 23.4 Å². The van der Waals surface area contributed by atoms with E-state index in [1.165, 1.54) is 11.8 Å². The Bertz CT molecular complexity index is 662. The van der Waals surface area contributed by atoms with Crippen molar-refractivity contribution in [3.8, 4) is 0 Å². The van der Waals surface area contributed by atoms with Gasteiger partial charge in [-0.2, -0.15) is 0 Å². The Morgan fingerprint density at radius 1 is 1.00 bits per heavy atom. The Hall–Kier alpha value is -1.71. The number of carbonyl (C=O) groups is 1. The number of carbonyl (C=O) groups excluding carboxylic acids is 1.